The largest absolute Gasteiger partial charge is 0.321 e. The number of hydrogen-bond acceptors (Lipinski definition) is 5. The first-order chi connectivity index (χ1) is 19.7. The van der Waals surface area contributed by atoms with E-state index in [1.807, 2.05) is 0 Å². The highest BCUT2D eigenvalue weighted by molar-refractivity contribution is 8.00. The first-order valence-electron chi connectivity index (χ1n) is 12.2. The van der Waals surface area contributed by atoms with E-state index in [2.05, 4.69) is 20.9 Å². The molecule has 3 aromatic carbocycles. The number of thioether (sulfide) groups is 1. The fourth-order valence-corrected chi connectivity index (χ4v) is 4.97. The molecule has 4 rings (SSSR count). The fraction of sp³-hybridized carbons (Fsp3) is 0.0667. The second-order valence-corrected chi connectivity index (χ2v) is 11.3. The standard InChI is InChI=1S/C30H23Cl3N4O3S/c1-18(28(38)37-27-15-10-20(31)17-34-27)41-22-13-11-21(12-14-22)35-30(40)26(16-23-24(32)8-5-9-25(23)33)36-29(39)19-6-3-2-4-7-19/h2-18H,1H3,(H,35,40)(H,36,39)(H,34,37,38)/b26-16-. The van der Waals surface area contributed by atoms with E-state index in [-0.39, 0.29) is 11.6 Å². The van der Waals surface area contributed by atoms with Crippen molar-refractivity contribution in [1.29, 1.82) is 0 Å². The van der Waals surface area contributed by atoms with Crippen LogP contribution in [-0.2, 0) is 9.59 Å². The normalized spacial score (nSPS) is 11.9. The zero-order valence-electron chi connectivity index (χ0n) is 21.5. The smallest absolute Gasteiger partial charge is 0.272 e. The van der Waals surface area contributed by atoms with Gasteiger partial charge in [-0.25, -0.2) is 4.98 Å². The van der Waals surface area contributed by atoms with Crippen molar-refractivity contribution in [2.45, 2.75) is 17.1 Å². The van der Waals surface area contributed by atoms with Crippen molar-refractivity contribution in [3.63, 3.8) is 0 Å². The Hall–Kier alpha value is -3.82. The first kappa shape index (κ1) is 30.1. The molecule has 0 aliphatic rings. The molecule has 0 spiro atoms. The molecule has 1 atom stereocenters. The molecule has 3 amide bonds. The van der Waals surface area contributed by atoms with Crippen LogP contribution in [0.3, 0.4) is 0 Å². The van der Waals surface area contributed by atoms with Crippen LogP contribution in [-0.4, -0.2) is 28.0 Å². The number of carbonyl (C=O) groups excluding carboxylic acids is 3. The van der Waals surface area contributed by atoms with Crippen LogP contribution >= 0.6 is 46.6 Å². The third kappa shape index (κ3) is 8.58. The number of nitrogens with zero attached hydrogens (tertiary/aromatic N) is 1. The van der Waals surface area contributed by atoms with Crippen molar-refractivity contribution < 1.29 is 14.4 Å². The maximum Gasteiger partial charge on any atom is 0.272 e. The Bertz CT molecular complexity index is 1560. The van der Waals surface area contributed by atoms with Gasteiger partial charge < -0.3 is 16.0 Å². The minimum absolute atomic E-state index is 0.0478. The molecule has 0 saturated carbocycles. The van der Waals surface area contributed by atoms with Gasteiger partial charge in [0.15, 0.2) is 0 Å². The Labute approximate surface area is 256 Å². The molecule has 208 valence electrons. The summed E-state index contributed by atoms with van der Waals surface area (Å²) in [5.41, 5.74) is 1.20. The molecule has 0 fully saturated rings. The lowest BCUT2D eigenvalue weighted by atomic mass is 10.1. The number of hydrogen-bond donors (Lipinski definition) is 3. The molecule has 0 saturated heterocycles. The van der Waals surface area contributed by atoms with E-state index in [1.165, 1.54) is 24.0 Å². The van der Waals surface area contributed by atoms with Crippen molar-refractivity contribution in [2.24, 2.45) is 0 Å². The number of benzene rings is 3. The minimum Gasteiger partial charge on any atom is -0.321 e. The van der Waals surface area contributed by atoms with Crippen molar-refractivity contribution in [3.8, 4) is 0 Å². The predicted octanol–water partition coefficient (Wildman–Crippen LogP) is 7.57. The van der Waals surface area contributed by atoms with E-state index in [9.17, 15) is 14.4 Å². The lowest BCUT2D eigenvalue weighted by Gasteiger charge is -2.14. The topological polar surface area (TPSA) is 100 Å². The number of aromatic nitrogens is 1. The molecule has 4 aromatic rings. The van der Waals surface area contributed by atoms with Crippen molar-refractivity contribution in [2.75, 3.05) is 10.6 Å². The summed E-state index contributed by atoms with van der Waals surface area (Å²) >= 11 is 19.8. The van der Waals surface area contributed by atoms with Gasteiger partial charge in [-0.1, -0.05) is 59.1 Å². The second-order valence-electron chi connectivity index (χ2n) is 8.60. The Morgan fingerprint density at radius 2 is 1.51 bits per heavy atom. The summed E-state index contributed by atoms with van der Waals surface area (Å²) in [5, 5.41) is 8.89. The highest BCUT2D eigenvalue weighted by atomic mass is 35.5. The summed E-state index contributed by atoms with van der Waals surface area (Å²) in [5.74, 6) is -0.854. The summed E-state index contributed by atoms with van der Waals surface area (Å²) < 4.78 is 0. The Balaban J connectivity index is 1.46. The predicted molar refractivity (Wildman–Crippen MR) is 167 cm³/mol. The molecule has 7 nitrogen and oxygen atoms in total. The van der Waals surface area contributed by atoms with Crippen LogP contribution in [0.2, 0.25) is 15.1 Å². The minimum atomic E-state index is -0.575. The van der Waals surface area contributed by atoms with Gasteiger partial charge in [0.05, 0.1) is 10.3 Å². The van der Waals surface area contributed by atoms with Crippen molar-refractivity contribution in [3.05, 3.63) is 123 Å². The number of pyridine rings is 1. The van der Waals surface area contributed by atoms with Gasteiger partial charge >= 0.3 is 0 Å². The van der Waals surface area contributed by atoms with Gasteiger partial charge in [0.1, 0.15) is 11.5 Å². The van der Waals surface area contributed by atoms with Crippen LogP contribution in [0, 0.1) is 0 Å². The number of amides is 3. The molecule has 0 aliphatic heterocycles. The van der Waals surface area contributed by atoms with Gasteiger partial charge in [-0.05, 0) is 73.7 Å². The van der Waals surface area contributed by atoms with Crippen LogP contribution in [0.1, 0.15) is 22.8 Å². The van der Waals surface area contributed by atoms with Crippen LogP contribution in [0.25, 0.3) is 6.08 Å². The summed E-state index contributed by atoms with van der Waals surface area (Å²) in [6, 6.07) is 23.7. The third-order valence-corrected chi connectivity index (χ3v) is 7.58. The molecule has 3 N–H and O–H groups in total. The maximum atomic E-state index is 13.3. The maximum absolute atomic E-state index is 13.3. The summed E-state index contributed by atoms with van der Waals surface area (Å²) in [6.07, 6.45) is 2.89. The average molecular weight is 626 g/mol. The number of carbonyl (C=O) groups is 3. The molecule has 0 radical (unpaired) electrons. The Morgan fingerprint density at radius 1 is 0.829 bits per heavy atom. The number of halogens is 3. The molecule has 1 unspecified atom stereocenters. The molecule has 11 heteroatoms. The lowest BCUT2D eigenvalue weighted by Crippen LogP contribution is -2.30. The summed E-state index contributed by atoms with van der Waals surface area (Å²) in [6.45, 7) is 1.78. The van der Waals surface area contributed by atoms with Gasteiger partial charge in [0.2, 0.25) is 5.91 Å². The van der Waals surface area contributed by atoms with Crippen LogP contribution < -0.4 is 16.0 Å². The van der Waals surface area contributed by atoms with Gasteiger partial charge in [-0.15, -0.1) is 11.8 Å². The van der Waals surface area contributed by atoms with E-state index in [0.29, 0.717) is 37.7 Å². The first-order valence-corrected chi connectivity index (χ1v) is 14.2. The molecular weight excluding hydrogens is 603 g/mol. The van der Waals surface area contributed by atoms with Gasteiger partial charge in [-0.3, -0.25) is 14.4 Å². The van der Waals surface area contributed by atoms with Gasteiger partial charge in [0.25, 0.3) is 11.8 Å². The zero-order chi connectivity index (χ0) is 29.4. The number of anilines is 2. The zero-order valence-corrected chi connectivity index (χ0v) is 24.6. The second kappa shape index (κ2) is 14.2. The third-order valence-electron chi connectivity index (χ3n) is 5.59. The SMILES string of the molecule is CC(Sc1ccc(NC(=O)/C(=C/c2c(Cl)cccc2Cl)NC(=O)c2ccccc2)cc1)C(=O)Nc1ccc(Cl)cn1. The molecule has 1 heterocycles. The lowest BCUT2D eigenvalue weighted by molar-refractivity contribution is -0.115. The quantitative estimate of drug-likeness (QED) is 0.132. The molecular formula is C30H23Cl3N4O3S. The molecule has 1 aromatic heterocycles. The molecule has 0 aliphatic carbocycles. The van der Waals surface area contributed by atoms with Crippen LogP contribution in [0.4, 0.5) is 11.5 Å². The average Bonchev–Trinajstić information content (AvgIpc) is 2.97. The van der Waals surface area contributed by atoms with Crippen LogP contribution in [0.15, 0.2) is 102 Å². The monoisotopic (exact) mass is 624 g/mol. The number of rotatable bonds is 9. The highest BCUT2D eigenvalue weighted by Crippen LogP contribution is 2.28. The Morgan fingerprint density at radius 3 is 2.15 bits per heavy atom. The van der Waals surface area contributed by atoms with Crippen molar-refractivity contribution in [1.82, 2.24) is 10.3 Å². The molecule has 0 bridgehead atoms. The van der Waals surface area contributed by atoms with E-state index in [4.69, 9.17) is 34.8 Å². The van der Waals surface area contributed by atoms with E-state index >= 15 is 0 Å². The van der Waals surface area contributed by atoms with Crippen molar-refractivity contribution >= 4 is 81.9 Å². The van der Waals surface area contributed by atoms with E-state index < -0.39 is 17.1 Å². The number of nitrogens with one attached hydrogen (secondary N) is 3. The Kier molecular flexibility index (Phi) is 10.4. The van der Waals surface area contributed by atoms with Crippen LogP contribution in [0.5, 0.6) is 0 Å². The van der Waals surface area contributed by atoms with Gasteiger partial charge in [-0.2, -0.15) is 0 Å². The fourth-order valence-electron chi connectivity index (χ4n) is 3.49. The molecule has 41 heavy (non-hydrogen) atoms. The van der Waals surface area contributed by atoms with Gasteiger partial charge in [0, 0.05) is 38.0 Å². The van der Waals surface area contributed by atoms with E-state index in [0.717, 1.165) is 4.90 Å². The summed E-state index contributed by atoms with van der Waals surface area (Å²) in [4.78, 5) is 43.6. The van der Waals surface area contributed by atoms with E-state index in [1.54, 1.807) is 91.9 Å². The highest BCUT2D eigenvalue weighted by Gasteiger charge is 2.18. The summed E-state index contributed by atoms with van der Waals surface area (Å²) in [7, 11) is 0.